The summed E-state index contributed by atoms with van der Waals surface area (Å²) < 4.78 is 9.46. The number of hydrogen-bond acceptors (Lipinski definition) is 20. The molecule has 0 aliphatic rings. The Morgan fingerprint density at radius 2 is 0.904 bits per heavy atom. The first kappa shape index (κ1) is 37.7. The third kappa shape index (κ3) is 9.21. The number of benzene rings is 2. The maximum Gasteiger partial charge on any atom is 0.433 e. The molecule has 0 saturated carbocycles. The average molecular weight is 730 g/mol. The fourth-order valence-corrected chi connectivity index (χ4v) is 3.49. The summed E-state index contributed by atoms with van der Waals surface area (Å²) >= 11 is 0. The second-order valence-corrected chi connectivity index (χ2v) is 9.02. The number of nitro groups is 6. The van der Waals surface area contributed by atoms with E-state index in [1.165, 1.54) is 12.1 Å². The lowest BCUT2D eigenvalue weighted by Gasteiger charge is -2.03. The maximum absolute atomic E-state index is 11.9. The highest BCUT2D eigenvalue weighted by Crippen LogP contribution is 2.35. The molecule has 2 aromatic carbocycles. The van der Waals surface area contributed by atoms with Gasteiger partial charge in [-0.05, 0) is 12.1 Å². The minimum Gasteiger partial charge on any atom is -0.502 e. The zero-order valence-corrected chi connectivity index (χ0v) is 24.8. The Labute approximate surface area is 281 Å². The topological polar surface area (TPSA) is 408 Å². The summed E-state index contributed by atoms with van der Waals surface area (Å²) in [4.78, 5) is 82.3. The number of hydrazone groups is 2. The van der Waals surface area contributed by atoms with Gasteiger partial charge in [-0.25, -0.2) is 10.9 Å². The second-order valence-electron chi connectivity index (χ2n) is 9.02. The van der Waals surface area contributed by atoms with Gasteiger partial charge in [-0.1, -0.05) is 0 Å². The van der Waals surface area contributed by atoms with Crippen LogP contribution in [0.1, 0.15) is 32.2 Å². The van der Waals surface area contributed by atoms with Crippen LogP contribution in [0.15, 0.2) is 67.6 Å². The van der Waals surface area contributed by atoms with Gasteiger partial charge in [-0.15, -0.1) is 0 Å². The number of aromatic hydroxyl groups is 2. The van der Waals surface area contributed by atoms with Gasteiger partial charge >= 0.3 is 23.1 Å². The molecular formula is C24H14N10O18. The number of amides is 2. The van der Waals surface area contributed by atoms with Crippen molar-refractivity contribution < 1.29 is 58.2 Å². The van der Waals surface area contributed by atoms with Crippen molar-refractivity contribution in [1.29, 1.82) is 0 Å². The first-order valence-electron chi connectivity index (χ1n) is 12.9. The SMILES string of the molecule is O=C(N/N=C/c1ccc([N+](=O)[O-])o1)c1cc([N+](=O)[O-])cc([N+](=O)[O-])c1O.O=C(N/N=C/c1ccc([N+](=O)[O-])o1)c1cc([N+](=O)[O-])cc([N+](=O)[O-])c1O. The summed E-state index contributed by atoms with van der Waals surface area (Å²) in [6.45, 7) is 0. The molecule has 4 N–H and O–H groups in total. The van der Waals surface area contributed by atoms with Crippen molar-refractivity contribution in [2.24, 2.45) is 10.2 Å². The van der Waals surface area contributed by atoms with Gasteiger partial charge in [0, 0.05) is 12.1 Å². The molecule has 2 heterocycles. The minimum atomic E-state index is -1.19. The third-order valence-electron chi connectivity index (χ3n) is 5.75. The van der Waals surface area contributed by atoms with E-state index in [0.29, 0.717) is 24.3 Å². The van der Waals surface area contributed by atoms with Crippen molar-refractivity contribution in [2.75, 3.05) is 0 Å². The van der Waals surface area contributed by atoms with Gasteiger partial charge in [-0.3, -0.25) is 70.3 Å². The molecule has 0 radical (unpaired) electrons. The first-order valence-corrected chi connectivity index (χ1v) is 12.9. The molecule has 4 aromatic rings. The predicted octanol–water partition coefficient (Wildman–Crippen LogP) is 2.95. The normalized spacial score (nSPS) is 10.6. The van der Waals surface area contributed by atoms with E-state index >= 15 is 0 Å². The van der Waals surface area contributed by atoms with Crippen LogP contribution in [0.25, 0.3) is 0 Å². The Kier molecular flexibility index (Phi) is 11.6. The van der Waals surface area contributed by atoms with E-state index in [-0.39, 0.29) is 11.5 Å². The van der Waals surface area contributed by atoms with Crippen LogP contribution in [0, 0.1) is 60.7 Å². The van der Waals surface area contributed by atoms with Crippen molar-refractivity contribution in [3.05, 3.63) is 132 Å². The number of carbonyl (C=O) groups is 2. The second kappa shape index (κ2) is 15.9. The van der Waals surface area contributed by atoms with Gasteiger partial charge in [0.05, 0.1) is 67.5 Å². The molecule has 4 rings (SSSR count). The van der Waals surface area contributed by atoms with Gasteiger partial charge in [0.25, 0.3) is 23.2 Å². The number of nitrogens with zero attached hydrogens (tertiary/aromatic N) is 8. The molecule has 0 spiro atoms. The Bertz CT molecular complexity index is 2050. The molecule has 28 heteroatoms. The summed E-state index contributed by atoms with van der Waals surface area (Å²) in [5.74, 6) is -5.85. The molecule has 0 aliphatic carbocycles. The number of phenolic OH excluding ortho intramolecular Hbond substituents is 2. The Morgan fingerprint density at radius 1 is 0.558 bits per heavy atom. The highest BCUT2D eigenvalue weighted by molar-refractivity contribution is 6.00. The zero-order valence-electron chi connectivity index (χ0n) is 24.8. The smallest absolute Gasteiger partial charge is 0.433 e. The van der Waals surface area contributed by atoms with Gasteiger partial charge in [0.2, 0.25) is 11.5 Å². The predicted molar refractivity (Wildman–Crippen MR) is 164 cm³/mol. The van der Waals surface area contributed by atoms with Gasteiger partial charge in [0.15, 0.2) is 11.5 Å². The standard InChI is InChI=1S/2C12H7N5O9/c2*18-11-8(3-6(15(20)21)4-9(11)16(22)23)12(19)14-13-5-7-1-2-10(26-7)17(24)25/h2*1-5,18H,(H,14,19)/b2*13-5+. The lowest BCUT2D eigenvalue weighted by Crippen LogP contribution is -2.18. The molecule has 0 atom stereocenters. The summed E-state index contributed by atoms with van der Waals surface area (Å²) in [7, 11) is 0. The number of hydrogen-bond donors (Lipinski definition) is 4. The summed E-state index contributed by atoms with van der Waals surface area (Å²) in [6, 6.07) is 6.70. The maximum atomic E-state index is 11.9. The Hall–Kier alpha value is -8.72. The lowest BCUT2D eigenvalue weighted by atomic mass is 10.1. The van der Waals surface area contributed by atoms with E-state index < -0.39 is 98.5 Å². The van der Waals surface area contributed by atoms with E-state index in [2.05, 4.69) is 10.2 Å². The molecule has 0 aliphatic heterocycles. The molecule has 0 bridgehead atoms. The largest absolute Gasteiger partial charge is 0.502 e. The zero-order chi connectivity index (χ0) is 38.9. The number of furan rings is 2. The van der Waals surface area contributed by atoms with Crippen LogP contribution in [-0.2, 0) is 0 Å². The van der Waals surface area contributed by atoms with Crippen LogP contribution in [-0.4, -0.2) is 64.0 Å². The number of rotatable bonds is 12. The van der Waals surface area contributed by atoms with Crippen LogP contribution in [0.5, 0.6) is 11.5 Å². The molecule has 0 unspecified atom stereocenters. The van der Waals surface area contributed by atoms with E-state index in [4.69, 9.17) is 8.83 Å². The molecule has 268 valence electrons. The van der Waals surface area contributed by atoms with Crippen LogP contribution in [0.4, 0.5) is 34.5 Å². The Morgan fingerprint density at radius 3 is 1.17 bits per heavy atom. The fraction of sp³-hybridized carbons (Fsp3) is 0. The molecule has 2 aromatic heterocycles. The Balaban J connectivity index is 0.000000280. The number of nitrogens with one attached hydrogen (secondary N) is 2. The molecule has 0 fully saturated rings. The lowest BCUT2D eigenvalue weighted by molar-refractivity contribution is -0.402. The van der Waals surface area contributed by atoms with Gasteiger partial charge in [0.1, 0.15) is 9.85 Å². The third-order valence-corrected chi connectivity index (χ3v) is 5.75. The van der Waals surface area contributed by atoms with Crippen LogP contribution in [0.2, 0.25) is 0 Å². The minimum absolute atomic E-state index is 0.0914. The average Bonchev–Trinajstić information content (AvgIpc) is 3.75. The molecular weight excluding hydrogens is 716 g/mol. The van der Waals surface area contributed by atoms with Gasteiger partial charge < -0.3 is 19.0 Å². The van der Waals surface area contributed by atoms with Gasteiger partial charge in [-0.2, -0.15) is 10.2 Å². The van der Waals surface area contributed by atoms with E-state index in [0.717, 1.165) is 24.6 Å². The molecule has 2 amide bonds. The quantitative estimate of drug-likeness (QED) is 0.0924. The highest BCUT2D eigenvalue weighted by Gasteiger charge is 2.28. The molecule has 0 saturated heterocycles. The van der Waals surface area contributed by atoms with Crippen LogP contribution in [0.3, 0.4) is 0 Å². The van der Waals surface area contributed by atoms with Crippen molar-refractivity contribution in [2.45, 2.75) is 0 Å². The number of carbonyl (C=O) groups excluding carboxylic acids is 2. The monoisotopic (exact) mass is 730 g/mol. The van der Waals surface area contributed by atoms with Crippen molar-refractivity contribution in [3.63, 3.8) is 0 Å². The van der Waals surface area contributed by atoms with Crippen molar-refractivity contribution in [3.8, 4) is 11.5 Å². The number of phenols is 2. The van der Waals surface area contributed by atoms with Crippen LogP contribution >= 0.6 is 0 Å². The van der Waals surface area contributed by atoms with Crippen LogP contribution < -0.4 is 10.9 Å². The van der Waals surface area contributed by atoms with Crippen molar-refractivity contribution >= 4 is 58.8 Å². The fourth-order valence-electron chi connectivity index (χ4n) is 3.49. The summed E-state index contributed by atoms with van der Waals surface area (Å²) in [5.41, 5.74) is -1.44. The van der Waals surface area contributed by atoms with E-state index in [1.807, 2.05) is 10.9 Å². The molecule has 52 heavy (non-hydrogen) atoms. The number of non-ortho nitro benzene ring substituents is 2. The first-order chi connectivity index (χ1) is 24.4. The summed E-state index contributed by atoms with van der Waals surface area (Å²) in [5, 5.41) is 90.4. The van der Waals surface area contributed by atoms with E-state index in [1.54, 1.807) is 0 Å². The van der Waals surface area contributed by atoms with Crippen molar-refractivity contribution in [1.82, 2.24) is 10.9 Å². The summed E-state index contributed by atoms with van der Waals surface area (Å²) in [6.07, 6.45) is 1.77. The van der Waals surface area contributed by atoms with E-state index in [9.17, 15) is 80.5 Å². The molecule has 28 nitrogen and oxygen atoms in total. The number of nitro benzene ring substituents is 4. The highest BCUT2D eigenvalue weighted by atomic mass is 16.7.